The highest BCUT2D eigenvalue weighted by molar-refractivity contribution is 5.93. The molecule has 0 amide bonds. The van der Waals surface area contributed by atoms with E-state index in [9.17, 15) is 0 Å². The lowest BCUT2D eigenvalue weighted by atomic mass is 9.86. The van der Waals surface area contributed by atoms with Gasteiger partial charge in [-0.1, -0.05) is 75.4 Å². The summed E-state index contributed by atoms with van der Waals surface area (Å²) in [5.41, 5.74) is 6.57. The predicted molar refractivity (Wildman–Crippen MR) is 116 cm³/mol. The number of nitrogens with zero attached hydrogens (tertiary/aromatic N) is 2. The summed E-state index contributed by atoms with van der Waals surface area (Å²) in [6.45, 7) is 6.68. The van der Waals surface area contributed by atoms with Gasteiger partial charge in [0.05, 0.1) is 23.7 Å². The molecule has 0 fully saturated rings. The molecule has 0 aliphatic rings. The monoisotopic (exact) mass is 368 g/mol. The second kappa shape index (κ2) is 7.08. The van der Waals surface area contributed by atoms with E-state index in [0.717, 1.165) is 33.3 Å². The van der Waals surface area contributed by atoms with Crippen molar-refractivity contribution in [3.8, 4) is 28.3 Å². The topological polar surface area (TPSA) is 35.0 Å². The number of pyridine rings is 2. The Labute approximate surface area is 166 Å². The SMILES string of the molecule is COc1nccc2nc(-c3ccc(C(C)(C)C)cc3)c(-c3ccccc3)cc12. The van der Waals surface area contributed by atoms with E-state index in [2.05, 4.69) is 68.2 Å². The first kappa shape index (κ1) is 18.2. The number of fused-ring (bicyclic) bond motifs is 1. The Kier molecular flexibility index (Phi) is 4.60. The van der Waals surface area contributed by atoms with E-state index in [-0.39, 0.29) is 5.41 Å². The minimum Gasteiger partial charge on any atom is -0.481 e. The van der Waals surface area contributed by atoms with Crippen molar-refractivity contribution in [3.63, 3.8) is 0 Å². The number of ether oxygens (including phenoxy) is 1. The molecule has 0 atom stereocenters. The van der Waals surface area contributed by atoms with Gasteiger partial charge in [0.25, 0.3) is 0 Å². The van der Waals surface area contributed by atoms with Crippen LogP contribution >= 0.6 is 0 Å². The van der Waals surface area contributed by atoms with Crippen LogP contribution in [0.3, 0.4) is 0 Å². The highest BCUT2D eigenvalue weighted by atomic mass is 16.5. The molecular weight excluding hydrogens is 344 g/mol. The van der Waals surface area contributed by atoms with Gasteiger partial charge in [-0.15, -0.1) is 0 Å². The third kappa shape index (κ3) is 3.36. The molecule has 28 heavy (non-hydrogen) atoms. The molecule has 0 bridgehead atoms. The molecule has 0 N–H and O–H groups in total. The molecule has 0 radical (unpaired) electrons. The highest BCUT2D eigenvalue weighted by Crippen LogP contribution is 2.36. The fourth-order valence-corrected chi connectivity index (χ4v) is 3.42. The third-order valence-electron chi connectivity index (χ3n) is 5.01. The summed E-state index contributed by atoms with van der Waals surface area (Å²) in [5.74, 6) is 0.594. The lowest BCUT2D eigenvalue weighted by Crippen LogP contribution is -2.10. The molecule has 2 aromatic carbocycles. The van der Waals surface area contributed by atoms with E-state index >= 15 is 0 Å². The largest absolute Gasteiger partial charge is 0.481 e. The maximum Gasteiger partial charge on any atom is 0.222 e. The second-order valence-electron chi connectivity index (χ2n) is 7.96. The van der Waals surface area contributed by atoms with Gasteiger partial charge in [0.2, 0.25) is 5.88 Å². The van der Waals surface area contributed by atoms with Gasteiger partial charge in [0.15, 0.2) is 0 Å². The van der Waals surface area contributed by atoms with Crippen LogP contribution in [0.25, 0.3) is 33.3 Å². The molecule has 0 saturated carbocycles. The number of hydrogen-bond donors (Lipinski definition) is 0. The average molecular weight is 368 g/mol. The van der Waals surface area contributed by atoms with Crippen LogP contribution in [-0.4, -0.2) is 17.1 Å². The quantitative estimate of drug-likeness (QED) is 0.427. The summed E-state index contributed by atoms with van der Waals surface area (Å²) < 4.78 is 5.47. The lowest BCUT2D eigenvalue weighted by molar-refractivity contribution is 0.403. The molecule has 0 aliphatic heterocycles. The minimum absolute atomic E-state index is 0.122. The molecule has 3 heteroatoms. The van der Waals surface area contributed by atoms with Gasteiger partial charge in [-0.25, -0.2) is 9.97 Å². The Hall–Kier alpha value is -3.20. The first-order valence-corrected chi connectivity index (χ1v) is 9.47. The number of hydrogen-bond acceptors (Lipinski definition) is 3. The molecule has 0 spiro atoms. The average Bonchev–Trinajstić information content (AvgIpc) is 2.72. The van der Waals surface area contributed by atoms with E-state index in [1.165, 1.54) is 5.56 Å². The number of aromatic nitrogens is 2. The molecule has 140 valence electrons. The third-order valence-corrected chi connectivity index (χ3v) is 5.01. The Morgan fingerprint density at radius 3 is 2.18 bits per heavy atom. The number of benzene rings is 2. The zero-order valence-electron chi connectivity index (χ0n) is 16.7. The van der Waals surface area contributed by atoms with Crippen molar-refractivity contribution in [1.29, 1.82) is 0 Å². The molecule has 0 aliphatic carbocycles. The molecule has 2 heterocycles. The first-order chi connectivity index (χ1) is 13.5. The van der Waals surface area contributed by atoms with Gasteiger partial charge < -0.3 is 4.74 Å². The van der Waals surface area contributed by atoms with Crippen LogP contribution in [0.1, 0.15) is 26.3 Å². The highest BCUT2D eigenvalue weighted by Gasteiger charge is 2.16. The summed E-state index contributed by atoms with van der Waals surface area (Å²) >= 11 is 0. The van der Waals surface area contributed by atoms with Crippen LogP contribution in [0.4, 0.5) is 0 Å². The van der Waals surface area contributed by atoms with Crippen LogP contribution in [-0.2, 0) is 5.41 Å². The fraction of sp³-hybridized carbons (Fsp3) is 0.200. The summed E-state index contributed by atoms with van der Waals surface area (Å²) in [6, 6.07) is 23.1. The van der Waals surface area contributed by atoms with Crippen LogP contribution in [0.15, 0.2) is 72.9 Å². The summed E-state index contributed by atoms with van der Waals surface area (Å²) in [6.07, 6.45) is 1.74. The second-order valence-corrected chi connectivity index (χ2v) is 7.96. The summed E-state index contributed by atoms with van der Waals surface area (Å²) in [5, 5.41) is 0.916. The van der Waals surface area contributed by atoms with Crippen molar-refractivity contribution in [3.05, 3.63) is 78.5 Å². The predicted octanol–water partition coefficient (Wildman–Crippen LogP) is 6.27. The minimum atomic E-state index is 0.122. The molecule has 2 aromatic heterocycles. The van der Waals surface area contributed by atoms with Crippen molar-refractivity contribution in [2.24, 2.45) is 0 Å². The normalized spacial score (nSPS) is 11.6. The van der Waals surface area contributed by atoms with Gasteiger partial charge in [-0.05, 0) is 28.7 Å². The zero-order valence-corrected chi connectivity index (χ0v) is 16.7. The van der Waals surface area contributed by atoms with E-state index in [0.29, 0.717) is 5.88 Å². The van der Waals surface area contributed by atoms with Gasteiger partial charge in [-0.3, -0.25) is 0 Å². The van der Waals surface area contributed by atoms with E-state index in [1.54, 1.807) is 13.3 Å². The molecule has 0 unspecified atom stereocenters. The lowest BCUT2D eigenvalue weighted by Gasteiger charge is -2.19. The molecule has 4 rings (SSSR count). The van der Waals surface area contributed by atoms with Gasteiger partial charge in [0.1, 0.15) is 0 Å². The molecule has 3 nitrogen and oxygen atoms in total. The Morgan fingerprint density at radius 1 is 0.821 bits per heavy atom. The van der Waals surface area contributed by atoms with Crippen LogP contribution < -0.4 is 4.74 Å². The molecule has 0 saturated heterocycles. The standard InChI is InChI=1S/C25H24N2O/c1-25(2,3)19-12-10-18(11-13-19)23-20(17-8-6-5-7-9-17)16-21-22(27-23)14-15-26-24(21)28-4/h5-16H,1-4H3. The zero-order chi connectivity index (χ0) is 19.7. The maximum atomic E-state index is 5.47. The fourth-order valence-electron chi connectivity index (χ4n) is 3.42. The van der Waals surface area contributed by atoms with Gasteiger partial charge in [0, 0.05) is 17.3 Å². The van der Waals surface area contributed by atoms with Crippen LogP contribution in [0.2, 0.25) is 0 Å². The van der Waals surface area contributed by atoms with Crippen molar-refractivity contribution in [2.75, 3.05) is 7.11 Å². The number of rotatable bonds is 3. The first-order valence-electron chi connectivity index (χ1n) is 9.47. The van der Waals surface area contributed by atoms with Crippen molar-refractivity contribution >= 4 is 10.9 Å². The van der Waals surface area contributed by atoms with Crippen molar-refractivity contribution < 1.29 is 4.74 Å². The Balaban J connectivity index is 1.96. The van der Waals surface area contributed by atoms with E-state index in [4.69, 9.17) is 9.72 Å². The Morgan fingerprint density at radius 2 is 1.54 bits per heavy atom. The molecular formula is C25H24N2O. The van der Waals surface area contributed by atoms with Gasteiger partial charge in [-0.2, -0.15) is 0 Å². The summed E-state index contributed by atoms with van der Waals surface area (Å²) in [7, 11) is 1.64. The van der Waals surface area contributed by atoms with E-state index in [1.807, 2.05) is 24.3 Å². The summed E-state index contributed by atoms with van der Waals surface area (Å²) in [4.78, 5) is 9.34. The van der Waals surface area contributed by atoms with Crippen molar-refractivity contribution in [1.82, 2.24) is 9.97 Å². The van der Waals surface area contributed by atoms with Crippen LogP contribution in [0.5, 0.6) is 5.88 Å². The smallest absolute Gasteiger partial charge is 0.222 e. The number of methoxy groups -OCH3 is 1. The Bertz CT molecular complexity index is 1110. The van der Waals surface area contributed by atoms with E-state index < -0.39 is 0 Å². The maximum absolute atomic E-state index is 5.47. The van der Waals surface area contributed by atoms with Crippen molar-refractivity contribution in [2.45, 2.75) is 26.2 Å². The van der Waals surface area contributed by atoms with Gasteiger partial charge >= 0.3 is 0 Å². The van der Waals surface area contributed by atoms with Crippen LogP contribution in [0, 0.1) is 0 Å². The molecule has 4 aromatic rings.